The van der Waals surface area contributed by atoms with Crippen LogP contribution in [0.2, 0.25) is 5.02 Å². The Morgan fingerprint density at radius 2 is 2.31 bits per heavy atom. The molecule has 1 aromatic carbocycles. The van der Waals surface area contributed by atoms with Gasteiger partial charge in [-0.15, -0.1) is 0 Å². The van der Waals surface area contributed by atoms with Gasteiger partial charge in [0.2, 0.25) is 0 Å². The van der Waals surface area contributed by atoms with Crippen LogP contribution in [-0.2, 0) is 0 Å². The molecule has 0 saturated heterocycles. The van der Waals surface area contributed by atoms with E-state index in [1.165, 1.54) is 6.07 Å². The molecule has 2 N–H and O–H groups in total. The topological polar surface area (TPSA) is 26.0 Å². The summed E-state index contributed by atoms with van der Waals surface area (Å²) in [7, 11) is 0. The number of benzene rings is 1. The van der Waals surface area contributed by atoms with Crippen LogP contribution in [0.5, 0.6) is 0 Å². The van der Waals surface area contributed by atoms with Gasteiger partial charge in [0, 0.05) is 10.6 Å². The second kappa shape index (κ2) is 3.28. The highest BCUT2D eigenvalue weighted by atomic mass is 35.5. The predicted octanol–water partition coefficient (Wildman–Crippen LogP) is 2.54. The zero-order chi connectivity index (χ0) is 9.42. The van der Waals surface area contributed by atoms with Gasteiger partial charge >= 0.3 is 0 Å². The van der Waals surface area contributed by atoms with Gasteiger partial charge in [0.15, 0.2) is 0 Å². The summed E-state index contributed by atoms with van der Waals surface area (Å²) in [6, 6.07) is 4.81. The van der Waals surface area contributed by atoms with Crippen LogP contribution in [0.1, 0.15) is 17.9 Å². The molecule has 1 fully saturated rings. The quantitative estimate of drug-likeness (QED) is 0.779. The predicted molar refractivity (Wildman–Crippen MR) is 51.3 cm³/mol. The molecule has 0 radical (unpaired) electrons. The van der Waals surface area contributed by atoms with Crippen molar-refractivity contribution in [3.05, 3.63) is 34.6 Å². The third-order valence-electron chi connectivity index (χ3n) is 2.60. The number of nitrogens with two attached hydrogens (primary N) is 1. The van der Waals surface area contributed by atoms with Gasteiger partial charge in [0.25, 0.3) is 0 Å². The minimum absolute atomic E-state index is 0.201. The molecule has 0 aliphatic heterocycles. The summed E-state index contributed by atoms with van der Waals surface area (Å²) >= 11 is 5.91. The first-order valence-corrected chi connectivity index (χ1v) is 4.75. The Bertz CT molecular complexity index is 306. The van der Waals surface area contributed by atoms with Crippen LogP contribution in [-0.4, -0.2) is 6.54 Å². The lowest BCUT2D eigenvalue weighted by Crippen LogP contribution is -2.02. The van der Waals surface area contributed by atoms with Crippen molar-refractivity contribution in [3.8, 4) is 0 Å². The molecule has 2 atom stereocenters. The lowest BCUT2D eigenvalue weighted by atomic mass is 10.1. The van der Waals surface area contributed by atoms with E-state index < -0.39 is 0 Å². The van der Waals surface area contributed by atoms with E-state index in [0.717, 1.165) is 6.42 Å². The van der Waals surface area contributed by atoms with Crippen molar-refractivity contribution < 1.29 is 4.39 Å². The highest BCUT2D eigenvalue weighted by Crippen LogP contribution is 2.49. The molecule has 70 valence electrons. The van der Waals surface area contributed by atoms with Gasteiger partial charge in [-0.05, 0) is 36.9 Å². The fourth-order valence-corrected chi connectivity index (χ4v) is 2.03. The molecular weight excluding hydrogens is 189 g/mol. The molecule has 1 nitrogen and oxygen atoms in total. The summed E-state index contributed by atoms with van der Waals surface area (Å²) in [6.07, 6.45) is 0.969. The summed E-state index contributed by atoms with van der Waals surface area (Å²) in [5.74, 6) is 0.474. The van der Waals surface area contributed by atoms with E-state index in [-0.39, 0.29) is 11.7 Å². The van der Waals surface area contributed by atoms with Crippen LogP contribution >= 0.6 is 11.6 Å². The van der Waals surface area contributed by atoms with Gasteiger partial charge in [-0.1, -0.05) is 17.7 Å². The van der Waals surface area contributed by atoms with Crippen LogP contribution in [0.3, 0.4) is 0 Å². The van der Waals surface area contributed by atoms with Gasteiger partial charge in [-0.2, -0.15) is 0 Å². The summed E-state index contributed by atoms with van der Waals surface area (Å²) in [5.41, 5.74) is 6.15. The normalized spacial score (nSPS) is 26.1. The number of rotatable bonds is 2. The largest absolute Gasteiger partial charge is 0.330 e. The second-order valence-corrected chi connectivity index (χ2v) is 3.88. The first kappa shape index (κ1) is 8.97. The number of halogens is 2. The molecule has 13 heavy (non-hydrogen) atoms. The van der Waals surface area contributed by atoms with Crippen molar-refractivity contribution in [1.82, 2.24) is 0 Å². The Labute approximate surface area is 81.7 Å². The first-order valence-electron chi connectivity index (χ1n) is 4.38. The van der Waals surface area contributed by atoms with Crippen LogP contribution in [0, 0.1) is 11.7 Å². The van der Waals surface area contributed by atoms with Gasteiger partial charge in [0.1, 0.15) is 5.82 Å². The minimum Gasteiger partial charge on any atom is -0.330 e. The maximum absolute atomic E-state index is 13.3. The summed E-state index contributed by atoms with van der Waals surface area (Å²) in [6.45, 7) is 0.620. The van der Waals surface area contributed by atoms with Crippen molar-refractivity contribution in [1.29, 1.82) is 0 Å². The van der Waals surface area contributed by atoms with E-state index in [4.69, 9.17) is 17.3 Å². The number of hydrogen-bond donors (Lipinski definition) is 1. The summed E-state index contributed by atoms with van der Waals surface area (Å²) in [4.78, 5) is 0. The third-order valence-corrected chi connectivity index (χ3v) is 2.93. The SMILES string of the molecule is NCC1CC1c1c(F)cccc1Cl. The van der Waals surface area contributed by atoms with Crippen LogP contribution in [0.15, 0.2) is 18.2 Å². The first-order chi connectivity index (χ1) is 6.24. The van der Waals surface area contributed by atoms with E-state index in [2.05, 4.69) is 0 Å². The van der Waals surface area contributed by atoms with Crippen molar-refractivity contribution in [2.45, 2.75) is 12.3 Å². The van der Waals surface area contributed by atoms with Crippen LogP contribution < -0.4 is 5.73 Å². The van der Waals surface area contributed by atoms with Gasteiger partial charge < -0.3 is 5.73 Å². The van der Waals surface area contributed by atoms with Crippen molar-refractivity contribution in [2.75, 3.05) is 6.54 Å². The Morgan fingerprint density at radius 3 is 2.85 bits per heavy atom. The van der Waals surface area contributed by atoms with Crippen LogP contribution in [0.4, 0.5) is 4.39 Å². The highest BCUT2D eigenvalue weighted by Gasteiger charge is 2.39. The number of hydrogen-bond acceptors (Lipinski definition) is 1. The molecule has 0 amide bonds. The lowest BCUT2D eigenvalue weighted by molar-refractivity contribution is 0.606. The maximum Gasteiger partial charge on any atom is 0.128 e. The standard InChI is InChI=1S/C10H11ClFN/c11-8-2-1-3-9(12)10(8)7-4-6(7)5-13/h1-3,6-7H,4-5,13H2. The Morgan fingerprint density at radius 1 is 1.54 bits per heavy atom. The lowest BCUT2D eigenvalue weighted by Gasteiger charge is -2.03. The molecule has 0 spiro atoms. The monoisotopic (exact) mass is 199 g/mol. The molecule has 1 aromatic rings. The van der Waals surface area contributed by atoms with E-state index >= 15 is 0 Å². The molecule has 2 rings (SSSR count). The maximum atomic E-state index is 13.3. The average Bonchev–Trinajstić information content (AvgIpc) is 2.83. The van der Waals surface area contributed by atoms with Gasteiger partial charge in [0.05, 0.1) is 0 Å². The molecule has 1 saturated carbocycles. The molecule has 3 heteroatoms. The molecule has 1 aliphatic carbocycles. The van der Waals surface area contributed by atoms with Crippen molar-refractivity contribution >= 4 is 11.6 Å². The van der Waals surface area contributed by atoms with E-state index in [0.29, 0.717) is 23.0 Å². The van der Waals surface area contributed by atoms with Gasteiger partial charge in [-0.3, -0.25) is 0 Å². The molecule has 2 unspecified atom stereocenters. The Hall–Kier alpha value is -0.600. The molecule has 0 aromatic heterocycles. The fraction of sp³-hybridized carbons (Fsp3) is 0.400. The third kappa shape index (κ3) is 1.56. The van der Waals surface area contributed by atoms with E-state index in [9.17, 15) is 4.39 Å². The molecule has 0 bridgehead atoms. The summed E-state index contributed by atoms with van der Waals surface area (Å²) in [5, 5.41) is 0.529. The highest BCUT2D eigenvalue weighted by molar-refractivity contribution is 6.31. The molecular formula is C10H11ClFN. The van der Waals surface area contributed by atoms with Crippen molar-refractivity contribution in [2.24, 2.45) is 11.7 Å². The van der Waals surface area contributed by atoms with Crippen LogP contribution in [0.25, 0.3) is 0 Å². The second-order valence-electron chi connectivity index (χ2n) is 3.47. The smallest absolute Gasteiger partial charge is 0.128 e. The van der Waals surface area contributed by atoms with E-state index in [1.54, 1.807) is 12.1 Å². The van der Waals surface area contributed by atoms with E-state index in [1.807, 2.05) is 0 Å². The average molecular weight is 200 g/mol. The van der Waals surface area contributed by atoms with Crippen molar-refractivity contribution in [3.63, 3.8) is 0 Å². The zero-order valence-electron chi connectivity index (χ0n) is 7.13. The summed E-state index contributed by atoms with van der Waals surface area (Å²) < 4.78 is 13.3. The van der Waals surface area contributed by atoms with Gasteiger partial charge in [-0.25, -0.2) is 4.39 Å². The molecule has 1 aliphatic rings. The fourth-order valence-electron chi connectivity index (χ4n) is 1.73. The Kier molecular flexibility index (Phi) is 2.26. The minimum atomic E-state index is -0.201. The zero-order valence-corrected chi connectivity index (χ0v) is 7.89. The Balaban J connectivity index is 2.30. The molecule has 0 heterocycles.